The van der Waals surface area contributed by atoms with Crippen LogP contribution in [0.3, 0.4) is 0 Å². The maximum atomic E-state index is 13.3. The molecule has 4 aromatic rings. The minimum Gasteiger partial charge on any atom is -0.506 e. The van der Waals surface area contributed by atoms with Crippen LogP contribution in [0.2, 0.25) is 0 Å². The second kappa shape index (κ2) is 9.06. The van der Waals surface area contributed by atoms with E-state index in [4.69, 9.17) is 4.74 Å². The number of nitrogens with zero attached hydrogens (tertiary/aromatic N) is 1. The number of hydrogen-bond donors (Lipinski definition) is 2. The monoisotopic (exact) mass is 454 g/mol. The molecule has 0 bridgehead atoms. The van der Waals surface area contributed by atoms with E-state index in [0.29, 0.717) is 30.6 Å². The zero-order valence-electron chi connectivity index (χ0n) is 19.0. The standard InChI is InChI=1S/C28H26N2O4/c1-34-25-15-13-18-7-2-4-9-20(18)23(25)17-29-27(32)24-11-6-16-30(24)28(33)22-14-12-19-8-3-5-10-21(19)26(22)31/h2-5,7-10,12-15,24,31H,6,11,16-17H2,1H3,(H,29,32). The van der Waals surface area contributed by atoms with Crippen molar-refractivity contribution in [2.75, 3.05) is 13.7 Å². The molecule has 2 amide bonds. The Bertz CT molecular complexity index is 1400. The number of phenolic OH excluding ortho intramolecular Hbond substituents is 1. The minimum atomic E-state index is -0.584. The lowest BCUT2D eigenvalue weighted by Gasteiger charge is -2.25. The molecule has 1 saturated heterocycles. The lowest BCUT2D eigenvalue weighted by Crippen LogP contribution is -2.45. The highest BCUT2D eigenvalue weighted by molar-refractivity contribution is 6.05. The highest BCUT2D eigenvalue weighted by atomic mass is 16.5. The first-order chi connectivity index (χ1) is 16.6. The van der Waals surface area contributed by atoms with Gasteiger partial charge in [-0.3, -0.25) is 9.59 Å². The fourth-order valence-electron chi connectivity index (χ4n) is 4.85. The van der Waals surface area contributed by atoms with E-state index in [1.807, 2.05) is 60.7 Å². The summed E-state index contributed by atoms with van der Waals surface area (Å²) in [6.45, 7) is 0.768. The highest BCUT2D eigenvalue weighted by Crippen LogP contribution is 2.32. The van der Waals surface area contributed by atoms with Crippen molar-refractivity contribution in [1.82, 2.24) is 10.2 Å². The molecule has 6 nitrogen and oxygen atoms in total. The van der Waals surface area contributed by atoms with Gasteiger partial charge in [-0.2, -0.15) is 0 Å². The molecule has 2 N–H and O–H groups in total. The number of aromatic hydroxyl groups is 1. The Morgan fingerprint density at radius 3 is 2.41 bits per heavy atom. The van der Waals surface area contributed by atoms with Crippen LogP contribution in [-0.2, 0) is 11.3 Å². The first-order valence-electron chi connectivity index (χ1n) is 11.4. The van der Waals surface area contributed by atoms with Gasteiger partial charge in [0.05, 0.1) is 12.7 Å². The van der Waals surface area contributed by atoms with Crippen LogP contribution in [0.15, 0.2) is 72.8 Å². The van der Waals surface area contributed by atoms with Gasteiger partial charge in [0.1, 0.15) is 17.5 Å². The lowest BCUT2D eigenvalue weighted by atomic mass is 10.0. The number of hydrogen-bond acceptors (Lipinski definition) is 4. The van der Waals surface area contributed by atoms with E-state index in [0.717, 1.165) is 28.1 Å². The average molecular weight is 455 g/mol. The molecule has 0 saturated carbocycles. The molecule has 172 valence electrons. The molecule has 5 rings (SSSR count). The van der Waals surface area contributed by atoms with Crippen LogP contribution in [0.25, 0.3) is 21.5 Å². The Morgan fingerprint density at radius 2 is 1.65 bits per heavy atom. The molecule has 4 aromatic carbocycles. The van der Waals surface area contributed by atoms with Gasteiger partial charge < -0.3 is 20.1 Å². The van der Waals surface area contributed by atoms with Gasteiger partial charge in [-0.1, -0.05) is 60.7 Å². The van der Waals surface area contributed by atoms with Crippen LogP contribution >= 0.6 is 0 Å². The predicted octanol–water partition coefficient (Wildman–Crippen LogP) is 4.63. The second-order valence-corrected chi connectivity index (χ2v) is 8.52. The van der Waals surface area contributed by atoms with Crippen molar-refractivity contribution in [2.24, 2.45) is 0 Å². The summed E-state index contributed by atoms with van der Waals surface area (Å²) in [7, 11) is 1.61. The zero-order chi connectivity index (χ0) is 23.7. The third-order valence-electron chi connectivity index (χ3n) is 6.60. The number of ether oxygens (including phenoxy) is 1. The normalized spacial score (nSPS) is 15.6. The van der Waals surface area contributed by atoms with Crippen LogP contribution in [0.5, 0.6) is 11.5 Å². The summed E-state index contributed by atoms with van der Waals surface area (Å²) in [5.41, 5.74) is 1.12. The van der Waals surface area contributed by atoms with E-state index in [2.05, 4.69) is 5.32 Å². The van der Waals surface area contributed by atoms with Crippen LogP contribution in [0.1, 0.15) is 28.8 Å². The van der Waals surface area contributed by atoms with Crippen LogP contribution in [-0.4, -0.2) is 41.5 Å². The molecule has 1 aliphatic rings. The molecule has 0 aromatic heterocycles. The fraction of sp³-hybridized carbons (Fsp3) is 0.214. The van der Waals surface area contributed by atoms with E-state index >= 15 is 0 Å². The summed E-state index contributed by atoms with van der Waals surface area (Å²) >= 11 is 0. The van der Waals surface area contributed by atoms with Crippen molar-refractivity contribution < 1.29 is 19.4 Å². The average Bonchev–Trinajstić information content (AvgIpc) is 3.37. The van der Waals surface area contributed by atoms with Crippen molar-refractivity contribution in [3.8, 4) is 11.5 Å². The largest absolute Gasteiger partial charge is 0.506 e. The molecule has 0 aliphatic carbocycles. The zero-order valence-corrected chi connectivity index (χ0v) is 19.0. The summed E-state index contributed by atoms with van der Waals surface area (Å²) in [6.07, 6.45) is 1.31. The van der Waals surface area contributed by atoms with Crippen LogP contribution < -0.4 is 10.1 Å². The van der Waals surface area contributed by atoms with Crippen LogP contribution in [0, 0.1) is 0 Å². The minimum absolute atomic E-state index is 0.0466. The number of fused-ring (bicyclic) bond motifs is 2. The van der Waals surface area contributed by atoms with Crippen molar-refractivity contribution in [2.45, 2.75) is 25.4 Å². The molecule has 0 spiro atoms. The Morgan fingerprint density at radius 1 is 0.971 bits per heavy atom. The Labute approximate surface area is 197 Å². The smallest absolute Gasteiger partial charge is 0.258 e. The fourth-order valence-corrected chi connectivity index (χ4v) is 4.85. The third kappa shape index (κ3) is 3.81. The van der Waals surface area contributed by atoms with Gasteiger partial charge in [0.2, 0.25) is 5.91 Å². The van der Waals surface area contributed by atoms with Crippen molar-refractivity contribution in [3.63, 3.8) is 0 Å². The van der Waals surface area contributed by atoms with Crippen molar-refractivity contribution in [3.05, 3.63) is 83.9 Å². The van der Waals surface area contributed by atoms with E-state index in [9.17, 15) is 14.7 Å². The number of carbonyl (C=O) groups excluding carboxylic acids is 2. The second-order valence-electron chi connectivity index (χ2n) is 8.52. The Hall–Kier alpha value is -4.06. The van der Waals surface area contributed by atoms with Gasteiger partial charge in [0.25, 0.3) is 5.91 Å². The maximum absolute atomic E-state index is 13.3. The summed E-state index contributed by atoms with van der Waals surface area (Å²) in [5.74, 6) is 0.124. The molecular weight excluding hydrogens is 428 g/mol. The first kappa shape index (κ1) is 21.8. The van der Waals surface area contributed by atoms with Gasteiger partial charge in [0.15, 0.2) is 0 Å². The molecule has 6 heteroatoms. The SMILES string of the molecule is COc1ccc2ccccc2c1CNC(=O)C1CCCN1C(=O)c1ccc2ccccc2c1O. The lowest BCUT2D eigenvalue weighted by molar-refractivity contribution is -0.125. The van der Waals surface area contributed by atoms with E-state index in [1.54, 1.807) is 24.1 Å². The molecule has 34 heavy (non-hydrogen) atoms. The van der Waals surface area contributed by atoms with E-state index in [-0.39, 0.29) is 23.1 Å². The van der Waals surface area contributed by atoms with Gasteiger partial charge >= 0.3 is 0 Å². The van der Waals surface area contributed by atoms with Crippen molar-refractivity contribution >= 4 is 33.4 Å². The number of methoxy groups -OCH3 is 1. The van der Waals surface area contributed by atoms with Gasteiger partial charge in [-0.15, -0.1) is 0 Å². The molecule has 1 unspecified atom stereocenters. The quantitative estimate of drug-likeness (QED) is 0.461. The first-order valence-corrected chi connectivity index (χ1v) is 11.4. The number of nitrogens with one attached hydrogen (secondary N) is 1. The Balaban J connectivity index is 1.37. The molecule has 1 atom stereocenters. The van der Waals surface area contributed by atoms with Gasteiger partial charge in [-0.25, -0.2) is 0 Å². The number of amides is 2. The van der Waals surface area contributed by atoms with Crippen molar-refractivity contribution in [1.29, 1.82) is 0 Å². The maximum Gasteiger partial charge on any atom is 0.258 e. The van der Waals surface area contributed by atoms with Gasteiger partial charge in [-0.05, 0) is 41.1 Å². The van der Waals surface area contributed by atoms with E-state index in [1.165, 1.54) is 0 Å². The molecule has 1 fully saturated rings. The predicted molar refractivity (Wildman–Crippen MR) is 132 cm³/mol. The summed E-state index contributed by atoms with van der Waals surface area (Å²) < 4.78 is 5.53. The summed E-state index contributed by atoms with van der Waals surface area (Å²) in [6, 6.07) is 22.1. The highest BCUT2D eigenvalue weighted by Gasteiger charge is 2.35. The topological polar surface area (TPSA) is 78.9 Å². The number of benzene rings is 4. The summed E-state index contributed by atoms with van der Waals surface area (Å²) in [4.78, 5) is 28.1. The Kier molecular flexibility index (Phi) is 5.80. The molecule has 1 heterocycles. The van der Waals surface area contributed by atoms with Crippen LogP contribution in [0.4, 0.5) is 0 Å². The molecular formula is C28H26N2O4. The van der Waals surface area contributed by atoms with Gasteiger partial charge in [0, 0.05) is 24.0 Å². The summed E-state index contributed by atoms with van der Waals surface area (Å²) in [5, 5.41) is 17.3. The number of rotatable bonds is 5. The number of carbonyl (C=O) groups is 2. The number of phenols is 1. The number of likely N-dealkylation sites (tertiary alicyclic amines) is 1. The molecule has 1 aliphatic heterocycles. The molecule has 0 radical (unpaired) electrons. The van der Waals surface area contributed by atoms with E-state index < -0.39 is 6.04 Å². The third-order valence-corrected chi connectivity index (χ3v) is 6.60.